The van der Waals surface area contributed by atoms with Crippen molar-refractivity contribution in [3.8, 4) is 0 Å². The lowest BCUT2D eigenvalue weighted by atomic mass is 10.3. The van der Waals surface area contributed by atoms with E-state index in [0.717, 1.165) is 12.4 Å². The largest absolute Gasteiger partial charge is 0.367 e. The molecular formula is C6H10N2S. The SMILES string of the molecule is SCNCc1cc[nH]c1. The Balaban J connectivity index is 2.30. The van der Waals surface area contributed by atoms with Gasteiger partial charge >= 0.3 is 0 Å². The van der Waals surface area contributed by atoms with Crippen molar-refractivity contribution in [3.63, 3.8) is 0 Å². The highest BCUT2D eigenvalue weighted by Gasteiger charge is 1.87. The van der Waals surface area contributed by atoms with Crippen LogP contribution in [0, 0.1) is 0 Å². The van der Waals surface area contributed by atoms with Crippen molar-refractivity contribution >= 4 is 12.6 Å². The van der Waals surface area contributed by atoms with Gasteiger partial charge in [0.15, 0.2) is 0 Å². The monoisotopic (exact) mass is 142 g/mol. The van der Waals surface area contributed by atoms with Crippen LogP contribution in [0.2, 0.25) is 0 Å². The molecule has 2 N–H and O–H groups in total. The molecular weight excluding hydrogens is 132 g/mol. The smallest absolute Gasteiger partial charge is 0.0390 e. The van der Waals surface area contributed by atoms with E-state index >= 15 is 0 Å². The molecule has 50 valence electrons. The zero-order valence-electron chi connectivity index (χ0n) is 5.09. The number of thiol groups is 1. The Labute approximate surface area is 60.1 Å². The summed E-state index contributed by atoms with van der Waals surface area (Å²) in [7, 11) is 0. The molecule has 0 atom stereocenters. The average Bonchev–Trinajstić information content (AvgIpc) is 2.34. The fourth-order valence-corrected chi connectivity index (χ4v) is 0.780. The van der Waals surface area contributed by atoms with Gasteiger partial charge in [-0.3, -0.25) is 0 Å². The van der Waals surface area contributed by atoms with Gasteiger partial charge in [0.1, 0.15) is 0 Å². The molecule has 1 aromatic rings. The third kappa shape index (κ3) is 2.11. The molecule has 0 unspecified atom stereocenters. The van der Waals surface area contributed by atoms with Crippen molar-refractivity contribution in [2.75, 3.05) is 5.88 Å². The third-order valence-corrected chi connectivity index (χ3v) is 1.33. The van der Waals surface area contributed by atoms with E-state index in [0.29, 0.717) is 0 Å². The maximum absolute atomic E-state index is 4.01. The zero-order valence-corrected chi connectivity index (χ0v) is 5.99. The Morgan fingerprint density at radius 1 is 1.67 bits per heavy atom. The van der Waals surface area contributed by atoms with Crippen molar-refractivity contribution in [1.29, 1.82) is 0 Å². The topological polar surface area (TPSA) is 27.8 Å². The molecule has 0 aromatic carbocycles. The molecule has 1 heterocycles. The summed E-state index contributed by atoms with van der Waals surface area (Å²) in [6.07, 6.45) is 3.88. The van der Waals surface area contributed by atoms with Crippen molar-refractivity contribution in [2.24, 2.45) is 0 Å². The summed E-state index contributed by atoms with van der Waals surface area (Å²) >= 11 is 4.01. The van der Waals surface area contributed by atoms with Crippen molar-refractivity contribution in [1.82, 2.24) is 10.3 Å². The number of H-pyrrole nitrogens is 1. The first-order valence-corrected chi connectivity index (χ1v) is 3.50. The van der Waals surface area contributed by atoms with Gasteiger partial charge in [-0.2, -0.15) is 12.6 Å². The van der Waals surface area contributed by atoms with Crippen LogP contribution in [0.3, 0.4) is 0 Å². The fourth-order valence-electron chi connectivity index (χ4n) is 0.669. The minimum atomic E-state index is 0.727. The summed E-state index contributed by atoms with van der Waals surface area (Å²) in [5.74, 6) is 0.727. The molecule has 1 aromatic heterocycles. The molecule has 9 heavy (non-hydrogen) atoms. The van der Waals surface area contributed by atoms with E-state index in [4.69, 9.17) is 0 Å². The molecule has 3 heteroatoms. The summed E-state index contributed by atoms with van der Waals surface area (Å²) in [6, 6.07) is 2.04. The molecule has 1 rings (SSSR count). The standard InChI is InChI=1S/C6H10N2S/c9-5-8-4-6-1-2-7-3-6/h1-3,7-9H,4-5H2. The summed E-state index contributed by atoms with van der Waals surface area (Å²) < 4.78 is 0. The Morgan fingerprint density at radius 3 is 3.11 bits per heavy atom. The number of nitrogens with one attached hydrogen (secondary N) is 2. The second-order valence-electron chi connectivity index (χ2n) is 1.80. The summed E-state index contributed by atoms with van der Waals surface area (Å²) in [5.41, 5.74) is 1.27. The fraction of sp³-hybridized carbons (Fsp3) is 0.333. The molecule has 0 amide bonds. The normalized spacial score (nSPS) is 9.89. The van der Waals surface area contributed by atoms with Crippen LogP contribution in [-0.2, 0) is 6.54 Å². The number of hydrogen-bond donors (Lipinski definition) is 3. The molecule has 0 radical (unpaired) electrons. The van der Waals surface area contributed by atoms with E-state index in [1.807, 2.05) is 18.5 Å². The highest BCUT2D eigenvalue weighted by Crippen LogP contribution is 1.93. The molecule has 0 saturated heterocycles. The predicted molar refractivity (Wildman–Crippen MR) is 41.5 cm³/mol. The maximum Gasteiger partial charge on any atom is 0.0390 e. The van der Waals surface area contributed by atoms with Gasteiger partial charge in [-0.15, -0.1) is 0 Å². The molecule has 0 aliphatic rings. The number of aromatic nitrogens is 1. The van der Waals surface area contributed by atoms with Crippen LogP contribution in [0.25, 0.3) is 0 Å². The minimum absolute atomic E-state index is 0.727. The summed E-state index contributed by atoms with van der Waals surface area (Å²) in [5, 5.41) is 3.09. The number of aromatic amines is 1. The zero-order chi connectivity index (χ0) is 6.53. The van der Waals surface area contributed by atoms with Gasteiger partial charge in [-0.1, -0.05) is 0 Å². The lowest BCUT2D eigenvalue weighted by Gasteiger charge is -1.94. The Bertz CT molecular complexity index is 148. The van der Waals surface area contributed by atoms with Crippen LogP contribution in [0.5, 0.6) is 0 Å². The second-order valence-corrected chi connectivity index (χ2v) is 2.12. The summed E-state index contributed by atoms with van der Waals surface area (Å²) in [4.78, 5) is 2.97. The first-order valence-electron chi connectivity index (χ1n) is 2.86. The van der Waals surface area contributed by atoms with Crippen LogP contribution in [0.15, 0.2) is 18.5 Å². The average molecular weight is 142 g/mol. The van der Waals surface area contributed by atoms with Crippen LogP contribution in [0.1, 0.15) is 5.56 Å². The molecule has 0 saturated carbocycles. The molecule has 2 nitrogen and oxygen atoms in total. The van der Waals surface area contributed by atoms with E-state index in [9.17, 15) is 0 Å². The molecule has 0 bridgehead atoms. The van der Waals surface area contributed by atoms with E-state index in [2.05, 4.69) is 22.9 Å². The van der Waals surface area contributed by atoms with Crippen molar-refractivity contribution < 1.29 is 0 Å². The molecule has 0 aliphatic carbocycles. The van der Waals surface area contributed by atoms with Crippen molar-refractivity contribution in [3.05, 3.63) is 24.0 Å². The molecule has 0 spiro atoms. The van der Waals surface area contributed by atoms with E-state index in [1.54, 1.807) is 0 Å². The van der Waals surface area contributed by atoms with E-state index < -0.39 is 0 Å². The highest BCUT2D eigenvalue weighted by molar-refractivity contribution is 7.80. The number of hydrogen-bond acceptors (Lipinski definition) is 2. The lowest BCUT2D eigenvalue weighted by molar-refractivity contribution is 0.800. The Hall–Kier alpha value is -0.410. The van der Waals surface area contributed by atoms with Gasteiger partial charge in [0.2, 0.25) is 0 Å². The maximum atomic E-state index is 4.01. The van der Waals surface area contributed by atoms with Gasteiger partial charge in [0.25, 0.3) is 0 Å². The highest BCUT2D eigenvalue weighted by atomic mass is 32.1. The Morgan fingerprint density at radius 2 is 2.56 bits per heavy atom. The van der Waals surface area contributed by atoms with E-state index in [-0.39, 0.29) is 0 Å². The third-order valence-electron chi connectivity index (χ3n) is 1.10. The lowest BCUT2D eigenvalue weighted by Crippen LogP contribution is -2.09. The van der Waals surface area contributed by atoms with Crippen LogP contribution in [0.4, 0.5) is 0 Å². The van der Waals surface area contributed by atoms with Crippen molar-refractivity contribution in [2.45, 2.75) is 6.54 Å². The number of rotatable bonds is 3. The van der Waals surface area contributed by atoms with Gasteiger partial charge < -0.3 is 10.3 Å². The quantitative estimate of drug-likeness (QED) is 0.426. The first-order chi connectivity index (χ1) is 4.43. The minimum Gasteiger partial charge on any atom is -0.367 e. The van der Waals surface area contributed by atoms with Gasteiger partial charge in [-0.05, 0) is 11.6 Å². The van der Waals surface area contributed by atoms with Crippen LogP contribution in [-0.4, -0.2) is 10.9 Å². The Kier molecular flexibility index (Phi) is 2.67. The van der Waals surface area contributed by atoms with Gasteiger partial charge in [-0.25, -0.2) is 0 Å². The molecule has 0 aliphatic heterocycles. The second kappa shape index (κ2) is 3.58. The predicted octanol–water partition coefficient (Wildman–Crippen LogP) is 0.992. The first kappa shape index (κ1) is 6.71. The van der Waals surface area contributed by atoms with Crippen LogP contribution >= 0.6 is 12.6 Å². The van der Waals surface area contributed by atoms with Gasteiger partial charge in [0, 0.05) is 24.8 Å². The summed E-state index contributed by atoms with van der Waals surface area (Å²) in [6.45, 7) is 0.896. The van der Waals surface area contributed by atoms with Crippen LogP contribution < -0.4 is 5.32 Å². The molecule has 0 fully saturated rings. The van der Waals surface area contributed by atoms with Gasteiger partial charge in [0.05, 0.1) is 0 Å². The van der Waals surface area contributed by atoms with E-state index in [1.165, 1.54) is 5.56 Å².